The fourth-order valence-corrected chi connectivity index (χ4v) is 3.63. The Bertz CT molecular complexity index is 939. The smallest absolute Gasteiger partial charge is 0.204 e. The molecule has 0 saturated heterocycles. The number of amides is 1. The van der Waals surface area contributed by atoms with Gasteiger partial charge < -0.3 is 10.3 Å². The number of halogens is 1. The molecule has 3 nitrogen and oxygen atoms in total. The number of carbonyl (C=O) groups is 1. The highest BCUT2D eigenvalue weighted by atomic mass is 19.1. The number of hydrogen-bond acceptors (Lipinski definition) is 1. The lowest BCUT2D eigenvalue weighted by Crippen LogP contribution is -2.02. The zero-order valence-electron chi connectivity index (χ0n) is 17.6. The van der Waals surface area contributed by atoms with Crippen LogP contribution in [0.3, 0.4) is 0 Å². The zero-order valence-corrected chi connectivity index (χ0v) is 17.6. The molecule has 0 unspecified atom stereocenters. The number of para-hydroxylation sites is 1. The molecule has 3 aromatic rings. The number of nitrogens with two attached hydrogens (primary N) is 1. The highest BCUT2D eigenvalue weighted by Crippen LogP contribution is 2.37. The summed E-state index contributed by atoms with van der Waals surface area (Å²) in [6.07, 6.45) is 9.62. The summed E-state index contributed by atoms with van der Waals surface area (Å²) in [5.74, 6) is -0.196. The molecule has 0 fully saturated rings. The second-order valence-electron chi connectivity index (χ2n) is 7.28. The fraction of sp³-hybridized carbons (Fsp3) is 0.320. The number of allylic oxidation sites excluding steroid dienone is 1. The molecule has 29 heavy (non-hydrogen) atoms. The van der Waals surface area contributed by atoms with Crippen molar-refractivity contribution in [2.24, 2.45) is 5.73 Å². The van der Waals surface area contributed by atoms with Gasteiger partial charge in [0.1, 0.15) is 5.82 Å². The summed E-state index contributed by atoms with van der Waals surface area (Å²) in [5, 5.41) is 1.22. The fourth-order valence-electron chi connectivity index (χ4n) is 3.63. The Morgan fingerprint density at radius 2 is 1.72 bits per heavy atom. The molecular formula is C25H31FN2O. The summed E-state index contributed by atoms with van der Waals surface area (Å²) < 4.78 is 15.8. The van der Waals surface area contributed by atoms with Crippen molar-refractivity contribution >= 4 is 23.4 Å². The van der Waals surface area contributed by atoms with Crippen LogP contribution in [0.2, 0.25) is 0 Å². The minimum Gasteiger partial charge on any atom is -0.372 e. The number of fused-ring (bicyclic) bond motifs is 1. The maximum atomic E-state index is 13.5. The molecular weight excluding hydrogens is 363 g/mol. The third-order valence-corrected chi connectivity index (χ3v) is 4.85. The molecule has 0 aliphatic carbocycles. The lowest BCUT2D eigenvalue weighted by molar-refractivity contribution is -0.106. The highest BCUT2D eigenvalue weighted by molar-refractivity contribution is 6.01. The predicted molar refractivity (Wildman–Crippen MR) is 121 cm³/mol. The van der Waals surface area contributed by atoms with Crippen LogP contribution in [-0.2, 0) is 4.79 Å². The van der Waals surface area contributed by atoms with Crippen molar-refractivity contribution < 1.29 is 9.18 Å². The molecule has 0 atom stereocenters. The first-order chi connectivity index (χ1) is 14.0. The second kappa shape index (κ2) is 11.2. The Kier molecular flexibility index (Phi) is 8.66. The van der Waals surface area contributed by atoms with Crippen LogP contribution in [0.1, 0.15) is 58.2 Å². The Morgan fingerprint density at radius 3 is 2.34 bits per heavy atom. The summed E-state index contributed by atoms with van der Waals surface area (Å²) in [7, 11) is 0. The first-order valence-electron chi connectivity index (χ1n) is 10.3. The van der Waals surface area contributed by atoms with Gasteiger partial charge in [0.25, 0.3) is 0 Å². The van der Waals surface area contributed by atoms with Gasteiger partial charge in [-0.1, -0.05) is 56.2 Å². The number of benzene rings is 2. The van der Waals surface area contributed by atoms with E-state index in [0.29, 0.717) is 6.04 Å². The van der Waals surface area contributed by atoms with Crippen LogP contribution in [0.5, 0.6) is 0 Å². The van der Waals surface area contributed by atoms with Crippen LogP contribution in [0.25, 0.3) is 28.1 Å². The van der Waals surface area contributed by atoms with E-state index in [1.807, 2.05) is 12.1 Å². The normalized spacial score (nSPS) is 11.1. The molecule has 2 aromatic carbocycles. The lowest BCUT2D eigenvalue weighted by atomic mass is 10.0. The quantitative estimate of drug-likeness (QED) is 0.351. The van der Waals surface area contributed by atoms with Gasteiger partial charge in [0.2, 0.25) is 6.41 Å². The molecule has 2 N–H and O–H groups in total. The number of aromatic nitrogens is 1. The molecule has 0 aliphatic heterocycles. The molecule has 1 amide bonds. The van der Waals surface area contributed by atoms with Crippen LogP contribution in [-0.4, -0.2) is 11.0 Å². The van der Waals surface area contributed by atoms with Gasteiger partial charge in [-0.3, -0.25) is 4.79 Å². The average molecular weight is 395 g/mol. The van der Waals surface area contributed by atoms with E-state index in [0.717, 1.165) is 12.0 Å². The standard InChI is InChI=1S/C24H28FN.CH3NO/c1-4-5-6-7-8-13-23-24(19-14-16-20(25)17-15-19)21-11-9-10-12-22(21)26(23)18(2)3;2-1-3/h8-18H,4-7H2,1-3H3;1H,(H2,2,3)/b13-8+;. The van der Waals surface area contributed by atoms with E-state index in [2.05, 4.69) is 67.5 Å². The molecule has 0 saturated carbocycles. The molecule has 0 aliphatic rings. The van der Waals surface area contributed by atoms with Gasteiger partial charge in [0.15, 0.2) is 0 Å². The summed E-state index contributed by atoms with van der Waals surface area (Å²) in [4.78, 5) is 8.58. The lowest BCUT2D eigenvalue weighted by Gasteiger charge is -2.13. The number of primary amides is 1. The summed E-state index contributed by atoms with van der Waals surface area (Å²) >= 11 is 0. The van der Waals surface area contributed by atoms with Gasteiger partial charge in [-0.2, -0.15) is 0 Å². The van der Waals surface area contributed by atoms with Crippen molar-refractivity contribution in [2.45, 2.75) is 52.5 Å². The zero-order chi connectivity index (χ0) is 21.2. The van der Waals surface area contributed by atoms with Crippen LogP contribution in [0, 0.1) is 5.82 Å². The molecule has 3 rings (SSSR count). The van der Waals surface area contributed by atoms with Gasteiger partial charge in [0, 0.05) is 28.2 Å². The van der Waals surface area contributed by atoms with Crippen LogP contribution < -0.4 is 5.73 Å². The molecule has 0 bridgehead atoms. The molecule has 1 aromatic heterocycles. The van der Waals surface area contributed by atoms with Crippen molar-refractivity contribution in [3.8, 4) is 11.1 Å². The van der Waals surface area contributed by atoms with Gasteiger partial charge in [-0.25, -0.2) is 4.39 Å². The number of hydrogen-bond donors (Lipinski definition) is 1. The minimum atomic E-state index is -0.196. The largest absolute Gasteiger partial charge is 0.372 e. The molecule has 0 radical (unpaired) electrons. The summed E-state index contributed by atoms with van der Waals surface area (Å²) in [6, 6.07) is 15.7. The van der Waals surface area contributed by atoms with Crippen LogP contribution in [0.4, 0.5) is 4.39 Å². The Hall–Kier alpha value is -2.88. The van der Waals surface area contributed by atoms with Crippen molar-refractivity contribution in [2.75, 3.05) is 0 Å². The third-order valence-electron chi connectivity index (χ3n) is 4.85. The van der Waals surface area contributed by atoms with Gasteiger partial charge in [0.05, 0.1) is 0 Å². The van der Waals surface area contributed by atoms with Crippen molar-refractivity contribution in [3.63, 3.8) is 0 Å². The Morgan fingerprint density at radius 1 is 1.07 bits per heavy atom. The first kappa shape index (κ1) is 22.4. The highest BCUT2D eigenvalue weighted by Gasteiger charge is 2.18. The van der Waals surface area contributed by atoms with Crippen molar-refractivity contribution in [1.82, 2.24) is 4.57 Å². The Labute approximate surface area is 173 Å². The van der Waals surface area contributed by atoms with E-state index in [1.165, 1.54) is 41.4 Å². The summed E-state index contributed by atoms with van der Waals surface area (Å²) in [5.41, 5.74) is 8.87. The number of nitrogens with zero attached hydrogens (tertiary/aromatic N) is 1. The molecule has 4 heteroatoms. The average Bonchev–Trinajstić information content (AvgIpc) is 3.03. The van der Waals surface area contributed by atoms with Gasteiger partial charge in [-0.05, 0) is 56.5 Å². The predicted octanol–water partition coefficient (Wildman–Crippen LogP) is 6.72. The van der Waals surface area contributed by atoms with Crippen molar-refractivity contribution in [1.29, 1.82) is 0 Å². The SMILES string of the molecule is CCCCC/C=C/c1c(-c2ccc(F)cc2)c2ccccc2n1C(C)C.NC=O. The van der Waals surface area contributed by atoms with E-state index < -0.39 is 0 Å². The van der Waals surface area contributed by atoms with Crippen LogP contribution in [0.15, 0.2) is 54.6 Å². The maximum Gasteiger partial charge on any atom is 0.204 e. The van der Waals surface area contributed by atoms with Gasteiger partial charge in [-0.15, -0.1) is 0 Å². The monoisotopic (exact) mass is 394 g/mol. The van der Waals surface area contributed by atoms with E-state index in [4.69, 9.17) is 4.79 Å². The molecule has 0 spiro atoms. The van der Waals surface area contributed by atoms with Gasteiger partial charge >= 0.3 is 0 Å². The van der Waals surface area contributed by atoms with Crippen LogP contribution >= 0.6 is 0 Å². The topological polar surface area (TPSA) is 48.0 Å². The minimum absolute atomic E-state index is 0.196. The number of rotatable bonds is 7. The molecule has 1 heterocycles. The van der Waals surface area contributed by atoms with Crippen molar-refractivity contribution in [3.05, 3.63) is 66.1 Å². The third kappa shape index (κ3) is 5.57. The number of unbranched alkanes of at least 4 members (excludes halogenated alkanes) is 3. The second-order valence-corrected chi connectivity index (χ2v) is 7.28. The summed E-state index contributed by atoms with van der Waals surface area (Å²) in [6.45, 7) is 6.66. The first-order valence-corrected chi connectivity index (χ1v) is 10.3. The number of carbonyl (C=O) groups excluding carboxylic acids is 1. The maximum absolute atomic E-state index is 13.5. The van der Waals surface area contributed by atoms with E-state index >= 15 is 0 Å². The van der Waals surface area contributed by atoms with E-state index in [1.54, 1.807) is 12.1 Å². The molecule has 154 valence electrons. The van der Waals surface area contributed by atoms with E-state index in [9.17, 15) is 4.39 Å². The van der Waals surface area contributed by atoms with E-state index in [-0.39, 0.29) is 12.2 Å². The Balaban J connectivity index is 0.000000941.